The monoisotopic (exact) mass is 345 g/mol. The van der Waals surface area contributed by atoms with Crippen LogP contribution in [0.3, 0.4) is 0 Å². The molecule has 124 valence electrons. The van der Waals surface area contributed by atoms with Crippen LogP contribution in [0.25, 0.3) is 5.65 Å². The number of halogens is 1. The highest BCUT2D eigenvalue weighted by Crippen LogP contribution is 2.11. The molecule has 0 aliphatic carbocycles. The SMILES string of the molecule is COc1ccc2nnc(CCC(=O)NCc3ccc(Cl)cc3)n2n1. The van der Waals surface area contributed by atoms with E-state index in [4.69, 9.17) is 16.3 Å². The van der Waals surface area contributed by atoms with Crippen LogP contribution in [0, 0.1) is 0 Å². The first-order valence-electron chi connectivity index (χ1n) is 7.42. The molecule has 0 unspecified atom stereocenters. The van der Waals surface area contributed by atoms with Crippen molar-refractivity contribution in [3.8, 4) is 5.88 Å². The van der Waals surface area contributed by atoms with Gasteiger partial charge in [0.25, 0.3) is 0 Å². The van der Waals surface area contributed by atoms with Crippen LogP contribution in [0.5, 0.6) is 5.88 Å². The molecule has 0 aliphatic heterocycles. The maximum Gasteiger partial charge on any atom is 0.231 e. The molecule has 24 heavy (non-hydrogen) atoms. The molecule has 0 atom stereocenters. The van der Waals surface area contributed by atoms with Crippen molar-refractivity contribution in [1.29, 1.82) is 0 Å². The Kier molecular flexibility index (Phi) is 4.90. The highest BCUT2D eigenvalue weighted by molar-refractivity contribution is 6.30. The van der Waals surface area contributed by atoms with E-state index in [2.05, 4.69) is 20.6 Å². The first kappa shape index (κ1) is 16.2. The maximum atomic E-state index is 12.0. The summed E-state index contributed by atoms with van der Waals surface area (Å²) < 4.78 is 6.68. The Morgan fingerprint density at radius 2 is 2.00 bits per heavy atom. The first-order valence-corrected chi connectivity index (χ1v) is 7.80. The molecular formula is C16H16ClN5O2. The lowest BCUT2D eigenvalue weighted by Crippen LogP contribution is -2.23. The number of aryl methyl sites for hydroxylation is 1. The molecule has 1 amide bonds. The van der Waals surface area contributed by atoms with E-state index in [-0.39, 0.29) is 5.91 Å². The van der Waals surface area contributed by atoms with Crippen LogP contribution >= 0.6 is 11.6 Å². The van der Waals surface area contributed by atoms with Crippen molar-refractivity contribution < 1.29 is 9.53 Å². The van der Waals surface area contributed by atoms with E-state index in [0.717, 1.165) is 5.56 Å². The molecule has 1 aromatic carbocycles. The van der Waals surface area contributed by atoms with E-state index >= 15 is 0 Å². The molecule has 0 radical (unpaired) electrons. The number of carbonyl (C=O) groups excluding carboxylic acids is 1. The Bertz CT molecular complexity index is 847. The minimum Gasteiger partial charge on any atom is -0.480 e. The molecule has 8 heteroatoms. The number of methoxy groups -OCH3 is 1. The van der Waals surface area contributed by atoms with Crippen LogP contribution in [0.4, 0.5) is 0 Å². The summed E-state index contributed by atoms with van der Waals surface area (Å²) in [7, 11) is 1.54. The number of rotatable bonds is 6. The molecule has 3 aromatic rings. The van der Waals surface area contributed by atoms with E-state index in [1.807, 2.05) is 12.1 Å². The van der Waals surface area contributed by atoms with Crippen LogP contribution in [0.1, 0.15) is 17.8 Å². The summed E-state index contributed by atoms with van der Waals surface area (Å²) in [5.41, 5.74) is 1.61. The second-order valence-electron chi connectivity index (χ2n) is 5.17. The van der Waals surface area contributed by atoms with Gasteiger partial charge in [-0.1, -0.05) is 23.7 Å². The molecule has 0 aliphatic rings. The van der Waals surface area contributed by atoms with Gasteiger partial charge in [-0.15, -0.1) is 15.3 Å². The van der Waals surface area contributed by atoms with Gasteiger partial charge in [-0.3, -0.25) is 4.79 Å². The average Bonchev–Trinajstić information content (AvgIpc) is 3.01. The van der Waals surface area contributed by atoms with Crippen molar-refractivity contribution in [2.45, 2.75) is 19.4 Å². The lowest BCUT2D eigenvalue weighted by molar-refractivity contribution is -0.121. The average molecular weight is 346 g/mol. The predicted octanol–water partition coefficient (Wildman–Crippen LogP) is 2.04. The molecule has 0 saturated heterocycles. The number of fused-ring (bicyclic) bond motifs is 1. The number of hydrogen-bond donors (Lipinski definition) is 1. The fourth-order valence-corrected chi connectivity index (χ4v) is 2.32. The fraction of sp³-hybridized carbons (Fsp3) is 0.250. The maximum absolute atomic E-state index is 12.0. The fourth-order valence-electron chi connectivity index (χ4n) is 2.20. The quantitative estimate of drug-likeness (QED) is 0.739. The van der Waals surface area contributed by atoms with Gasteiger partial charge in [-0.2, -0.15) is 4.52 Å². The summed E-state index contributed by atoms with van der Waals surface area (Å²) >= 11 is 5.83. The summed E-state index contributed by atoms with van der Waals surface area (Å²) in [5, 5.41) is 15.9. The summed E-state index contributed by atoms with van der Waals surface area (Å²) in [6, 6.07) is 10.8. The summed E-state index contributed by atoms with van der Waals surface area (Å²) in [5.74, 6) is 1.02. The number of aromatic nitrogens is 4. The Hall–Kier alpha value is -2.67. The second kappa shape index (κ2) is 7.27. The van der Waals surface area contributed by atoms with Gasteiger partial charge in [0, 0.05) is 30.5 Å². The Morgan fingerprint density at radius 1 is 1.21 bits per heavy atom. The van der Waals surface area contributed by atoms with Crippen molar-refractivity contribution >= 4 is 23.2 Å². The zero-order valence-corrected chi connectivity index (χ0v) is 13.8. The van der Waals surface area contributed by atoms with Gasteiger partial charge in [0.1, 0.15) is 0 Å². The molecule has 2 aromatic heterocycles. The number of nitrogens with zero attached hydrogens (tertiary/aromatic N) is 4. The lowest BCUT2D eigenvalue weighted by atomic mass is 10.2. The first-order chi connectivity index (χ1) is 11.7. The highest BCUT2D eigenvalue weighted by Gasteiger charge is 2.10. The molecular weight excluding hydrogens is 330 g/mol. The number of amides is 1. The van der Waals surface area contributed by atoms with Gasteiger partial charge in [-0.25, -0.2) is 0 Å². The summed E-state index contributed by atoms with van der Waals surface area (Å²) in [6.45, 7) is 0.461. The molecule has 7 nitrogen and oxygen atoms in total. The largest absolute Gasteiger partial charge is 0.480 e. The van der Waals surface area contributed by atoms with Gasteiger partial charge in [0.15, 0.2) is 11.5 Å². The van der Waals surface area contributed by atoms with Crippen molar-refractivity contribution in [2.75, 3.05) is 7.11 Å². The molecule has 2 heterocycles. The van der Waals surface area contributed by atoms with Gasteiger partial charge >= 0.3 is 0 Å². The minimum atomic E-state index is -0.0652. The van der Waals surface area contributed by atoms with Crippen molar-refractivity contribution in [3.05, 3.63) is 52.8 Å². The van der Waals surface area contributed by atoms with Gasteiger partial charge < -0.3 is 10.1 Å². The van der Waals surface area contributed by atoms with E-state index in [1.54, 1.807) is 35.9 Å². The van der Waals surface area contributed by atoms with Crippen LogP contribution in [-0.4, -0.2) is 32.8 Å². The van der Waals surface area contributed by atoms with Gasteiger partial charge in [0.05, 0.1) is 7.11 Å². The predicted molar refractivity (Wildman–Crippen MR) is 89.0 cm³/mol. The lowest BCUT2D eigenvalue weighted by Gasteiger charge is -2.05. The number of nitrogens with one attached hydrogen (secondary N) is 1. The minimum absolute atomic E-state index is 0.0652. The number of carbonyl (C=O) groups is 1. The van der Waals surface area contributed by atoms with E-state index in [0.29, 0.717) is 41.8 Å². The van der Waals surface area contributed by atoms with E-state index in [9.17, 15) is 4.79 Å². The smallest absolute Gasteiger partial charge is 0.231 e. The third-order valence-corrected chi connectivity index (χ3v) is 3.74. The third-order valence-electron chi connectivity index (χ3n) is 3.49. The Morgan fingerprint density at radius 3 is 2.75 bits per heavy atom. The number of ether oxygens (including phenoxy) is 1. The van der Waals surface area contributed by atoms with Crippen LogP contribution < -0.4 is 10.1 Å². The highest BCUT2D eigenvalue weighted by atomic mass is 35.5. The molecule has 3 rings (SSSR count). The van der Waals surface area contributed by atoms with Gasteiger partial charge in [0.2, 0.25) is 11.8 Å². The van der Waals surface area contributed by atoms with Crippen LogP contribution in [0.2, 0.25) is 5.02 Å². The molecule has 0 saturated carbocycles. The molecule has 0 spiro atoms. The number of hydrogen-bond acceptors (Lipinski definition) is 5. The van der Waals surface area contributed by atoms with Gasteiger partial charge in [-0.05, 0) is 23.8 Å². The summed E-state index contributed by atoms with van der Waals surface area (Å²) in [6.07, 6.45) is 0.737. The Labute approximate surface area is 143 Å². The zero-order valence-electron chi connectivity index (χ0n) is 13.1. The normalized spacial score (nSPS) is 10.8. The summed E-state index contributed by atoms with van der Waals surface area (Å²) in [4.78, 5) is 12.0. The van der Waals surface area contributed by atoms with E-state index < -0.39 is 0 Å². The zero-order chi connectivity index (χ0) is 16.9. The van der Waals surface area contributed by atoms with Crippen LogP contribution in [-0.2, 0) is 17.8 Å². The molecule has 0 bridgehead atoms. The standard InChI is InChI=1S/C16H16ClN5O2/c1-24-16-9-7-14-20-19-13(22(14)21-16)6-8-15(23)18-10-11-2-4-12(17)5-3-11/h2-5,7,9H,6,8,10H2,1H3,(H,18,23). The van der Waals surface area contributed by atoms with E-state index in [1.165, 1.54) is 0 Å². The van der Waals surface area contributed by atoms with Crippen molar-refractivity contribution in [3.63, 3.8) is 0 Å². The molecule has 1 N–H and O–H groups in total. The van der Waals surface area contributed by atoms with Crippen molar-refractivity contribution in [1.82, 2.24) is 25.1 Å². The molecule has 0 fully saturated rings. The Balaban J connectivity index is 1.57. The number of benzene rings is 1. The van der Waals surface area contributed by atoms with Crippen LogP contribution in [0.15, 0.2) is 36.4 Å². The van der Waals surface area contributed by atoms with Crippen molar-refractivity contribution in [2.24, 2.45) is 0 Å². The second-order valence-corrected chi connectivity index (χ2v) is 5.60. The topological polar surface area (TPSA) is 81.4 Å². The third kappa shape index (κ3) is 3.80.